The molecule has 96 valence electrons. The van der Waals surface area contributed by atoms with Crippen molar-refractivity contribution >= 4 is 0 Å². The van der Waals surface area contributed by atoms with Crippen molar-refractivity contribution in [2.24, 2.45) is 0 Å². The van der Waals surface area contributed by atoms with Gasteiger partial charge in [-0.2, -0.15) is 5.26 Å². The number of benzene rings is 1. The van der Waals surface area contributed by atoms with Gasteiger partial charge in [-0.3, -0.25) is 0 Å². The van der Waals surface area contributed by atoms with Gasteiger partial charge in [0.05, 0.1) is 37.6 Å². The van der Waals surface area contributed by atoms with E-state index in [2.05, 4.69) is 5.32 Å². The lowest BCUT2D eigenvalue weighted by molar-refractivity contribution is -0.0358. The summed E-state index contributed by atoms with van der Waals surface area (Å²) in [6, 6.07) is 6.09. The first-order valence-corrected chi connectivity index (χ1v) is 5.88. The summed E-state index contributed by atoms with van der Waals surface area (Å²) < 4.78 is 24.0. The highest BCUT2D eigenvalue weighted by Gasteiger charge is 2.13. The van der Waals surface area contributed by atoms with Gasteiger partial charge in [-0.25, -0.2) is 4.39 Å². The fourth-order valence-corrected chi connectivity index (χ4v) is 1.82. The molecule has 1 saturated heterocycles. The Labute approximate surface area is 105 Å². The molecule has 4 nitrogen and oxygen atoms in total. The molecule has 1 fully saturated rings. The third-order valence-corrected chi connectivity index (χ3v) is 2.75. The topological polar surface area (TPSA) is 54.3 Å². The Bertz CT molecular complexity index is 439. The van der Waals surface area contributed by atoms with Gasteiger partial charge in [-0.15, -0.1) is 0 Å². The van der Waals surface area contributed by atoms with Crippen molar-refractivity contribution in [3.8, 4) is 6.07 Å². The maximum absolute atomic E-state index is 13.1. The molecule has 5 heteroatoms. The van der Waals surface area contributed by atoms with E-state index in [-0.39, 0.29) is 18.5 Å². The molecule has 0 aromatic heterocycles. The van der Waals surface area contributed by atoms with Crippen LogP contribution in [0.3, 0.4) is 0 Å². The standard InChI is InChI=1S/C13H15FN2O2/c14-12-2-1-10(6-15)11(5-12)8-17-9-13-7-16-3-4-18-13/h1-2,5,13,16H,3-4,7-9H2. The number of rotatable bonds is 4. The van der Waals surface area contributed by atoms with Crippen LogP contribution in [-0.2, 0) is 16.1 Å². The first-order valence-electron chi connectivity index (χ1n) is 5.88. The molecular weight excluding hydrogens is 235 g/mol. The molecule has 1 aliphatic heterocycles. The highest BCUT2D eigenvalue weighted by Crippen LogP contribution is 2.12. The zero-order valence-electron chi connectivity index (χ0n) is 9.99. The van der Waals surface area contributed by atoms with E-state index < -0.39 is 0 Å². The summed E-state index contributed by atoms with van der Waals surface area (Å²) in [5.74, 6) is -0.358. The lowest BCUT2D eigenvalue weighted by atomic mass is 10.1. The van der Waals surface area contributed by atoms with Crippen molar-refractivity contribution in [1.29, 1.82) is 5.26 Å². The average molecular weight is 250 g/mol. The van der Waals surface area contributed by atoms with Gasteiger partial charge < -0.3 is 14.8 Å². The van der Waals surface area contributed by atoms with Crippen molar-refractivity contribution in [3.05, 3.63) is 35.1 Å². The molecule has 1 atom stereocenters. The molecule has 1 aromatic carbocycles. The second kappa shape index (κ2) is 6.45. The third-order valence-electron chi connectivity index (χ3n) is 2.75. The van der Waals surface area contributed by atoms with E-state index in [1.807, 2.05) is 6.07 Å². The van der Waals surface area contributed by atoms with Crippen LogP contribution in [0.15, 0.2) is 18.2 Å². The Balaban J connectivity index is 1.86. The molecule has 0 aliphatic carbocycles. The van der Waals surface area contributed by atoms with Crippen LogP contribution in [0.1, 0.15) is 11.1 Å². The van der Waals surface area contributed by atoms with Crippen molar-refractivity contribution in [3.63, 3.8) is 0 Å². The SMILES string of the molecule is N#Cc1ccc(F)cc1COCC1CNCCO1. The molecule has 1 N–H and O–H groups in total. The fourth-order valence-electron chi connectivity index (χ4n) is 1.82. The molecule has 0 spiro atoms. The Morgan fingerprint density at radius 1 is 1.56 bits per heavy atom. The van der Waals surface area contributed by atoms with Crippen LogP contribution < -0.4 is 5.32 Å². The molecule has 1 aliphatic rings. The summed E-state index contributed by atoms with van der Waals surface area (Å²) in [4.78, 5) is 0. The average Bonchev–Trinajstić information content (AvgIpc) is 2.40. The van der Waals surface area contributed by atoms with Crippen LogP contribution in [0.2, 0.25) is 0 Å². The van der Waals surface area contributed by atoms with Crippen LogP contribution in [0.25, 0.3) is 0 Å². The van der Waals surface area contributed by atoms with Gasteiger partial charge >= 0.3 is 0 Å². The van der Waals surface area contributed by atoms with E-state index in [1.54, 1.807) is 0 Å². The minimum Gasteiger partial charge on any atom is -0.374 e. The van der Waals surface area contributed by atoms with Crippen LogP contribution in [0.5, 0.6) is 0 Å². The van der Waals surface area contributed by atoms with Gasteiger partial charge in [-0.1, -0.05) is 0 Å². The molecule has 0 radical (unpaired) electrons. The summed E-state index contributed by atoms with van der Waals surface area (Å²) in [6.45, 7) is 2.96. The molecule has 18 heavy (non-hydrogen) atoms. The van der Waals surface area contributed by atoms with Gasteiger partial charge in [0.15, 0.2) is 0 Å². The maximum Gasteiger partial charge on any atom is 0.123 e. The zero-order chi connectivity index (χ0) is 12.8. The highest BCUT2D eigenvalue weighted by molar-refractivity contribution is 5.37. The highest BCUT2D eigenvalue weighted by atomic mass is 19.1. The Morgan fingerprint density at radius 2 is 2.44 bits per heavy atom. The minimum absolute atomic E-state index is 0.0258. The van der Waals surface area contributed by atoms with Crippen LogP contribution in [0.4, 0.5) is 4.39 Å². The van der Waals surface area contributed by atoms with Crippen molar-refractivity contribution in [2.75, 3.05) is 26.3 Å². The number of nitriles is 1. The van der Waals surface area contributed by atoms with E-state index in [1.165, 1.54) is 18.2 Å². The molecule has 2 rings (SSSR count). The smallest absolute Gasteiger partial charge is 0.123 e. The van der Waals surface area contributed by atoms with Crippen molar-refractivity contribution in [2.45, 2.75) is 12.7 Å². The monoisotopic (exact) mass is 250 g/mol. The number of nitrogens with one attached hydrogen (secondary N) is 1. The molecule has 1 heterocycles. The van der Waals surface area contributed by atoms with E-state index in [0.29, 0.717) is 24.3 Å². The summed E-state index contributed by atoms with van der Waals surface area (Å²) in [7, 11) is 0. The van der Waals surface area contributed by atoms with E-state index in [0.717, 1.165) is 13.1 Å². The number of ether oxygens (including phenoxy) is 2. The van der Waals surface area contributed by atoms with Crippen LogP contribution in [-0.4, -0.2) is 32.4 Å². The van der Waals surface area contributed by atoms with E-state index >= 15 is 0 Å². The predicted octanol–water partition coefficient (Wildman–Crippen LogP) is 1.20. The van der Waals surface area contributed by atoms with Crippen molar-refractivity contribution in [1.82, 2.24) is 5.32 Å². The molecule has 0 bridgehead atoms. The van der Waals surface area contributed by atoms with E-state index in [9.17, 15) is 4.39 Å². The fraction of sp³-hybridized carbons (Fsp3) is 0.462. The van der Waals surface area contributed by atoms with Gasteiger partial charge in [0, 0.05) is 13.1 Å². The molecule has 1 unspecified atom stereocenters. The quantitative estimate of drug-likeness (QED) is 0.872. The van der Waals surface area contributed by atoms with E-state index in [4.69, 9.17) is 14.7 Å². The second-order valence-electron chi connectivity index (χ2n) is 4.13. The normalized spacial score (nSPS) is 19.4. The minimum atomic E-state index is -0.358. The largest absolute Gasteiger partial charge is 0.374 e. The second-order valence-corrected chi connectivity index (χ2v) is 4.13. The Hall–Kier alpha value is -1.48. The molecule has 0 saturated carbocycles. The summed E-state index contributed by atoms with van der Waals surface area (Å²) in [6.07, 6.45) is 0.0258. The number of hydrogen-bond donors (Lipinski definition) is 1. The molecule has 1 aromatic rings. The number of nitrogens with zero attached hydrogens (tertiary/aromatic N) is 1. The number of morpholine rings is 1. The van der Waals surface area contributed by atoms with Crippen molar-refractivity contribution < 1.29 is 13.9 Å². The lowest BCUT2D eigenvalue weighted by Gasteiger charge is -2.23. The Kier molecular flexibility index (Phi) is 4.65. The summed E-state index contributed by atoms with van der Waals surface area (Å²) in [5.41, 5.74) is 1.01. The maximum atomic E-state index is 13.1. The number of hydrogen-bond acceptors (Lipinski definition) is 4. The first-order chi connectivity index (χ1) is 8.79. The van der Waals surface area contributed by atoms with Gasteiger partial charge in [0.1, 0.15) is 5.82 Å². The van der Waals surface area contributed by atoms with Gasteiger partial charge in [-0.05, 0) is 23.8 Å². The van der Waals surface area contributed by atoms with Crippen LogP contribution in [0, 0.1) is 17.1 Å². The van der Waals surface area contributed by atoms with Gasteiger partial charge in [0.25, 0.3) is 0 Å². The third kappa shape index (κ3) is 3.50. The molecular formula is C13H15FN2O2. The van der Waals surface area contributed by atoms with Crippen LogP contribution >= 0.6 is 0 Å². The summed E-state index contributed by atoms with van der Waals surface area (Å²) >= 11 is 0. The van der Waals surface area contributed by atoms with Gasteiger partial charge in [0.2, 0.25) is 0 Å². The molecule has 0 amide bonds. The Morgan fingerprint density at radius 3 is 3.17 bits per heavy atom. The lowest BCUT2D eigenvalue weighted by Crippen LogP contribution is -2.40. The number of halogens is 1. The zero-order valence-corrected chi connectivity index (χ0v) is 9.99. The first kappa shape index (κ1) is 13.0. The predicted molar refractivity (Wildman–Crippen MR) is 63.4 cm³/mol. The summed E-state index contributed by atoms with van der Waals surface area (Å²) in [5, 5.41) is 12.1.